The molecule has 1 aromatic rings. The number of carbonyl (C=O) groups excluding carboxylic acids is 1. The van der Waals surface area contributed by atoms with Crippen LogP contribution in [0.5, 0.6) is 0 Å². The molecule has 4 nitrogen and oxygen atoms in total. The van der Waals surface area contributed by atoms with Gasteiger partial charge in [0, 0.05) is 18.8 Å². The molecule has 1 amide bonds. The van der Waals surface area contributed by atoms with Gasteiger partial charge in [-0.05, 0) is 37.8 Å². The van der Waals surface area contributed by atoms with Crippen molar-refractivity contribution in [2.24, 2.45) is 0 Å². The number of ether oxygens (including phenoxy) is 1. The maximum atomic E-state index is 12.2. The molecule has 4 heteroatoms. The lowest BCUT2D eigenvalue weighted by Crippen LogP contribution is -2.42. The summed E-state index contributed by atoms with van der Waals surface area (Å²) < 4.78 is 5.13. The normalized spacial score (nSPS) is 12.2. The molecule has 0 bridgehead atoms. The van der Waals surface area contributed by atoms with Crippen LogP contribution in [0.1, 0.15) is 39.2 Å². The van der Waals surface area contributed by atoms with E-state index in [1.807, 2.05) is 25.1 Å². The number of para-hydroxylation sites is 1. The van der Waals surface area contributed by atoms with Crippen LogP contribution in [-0.2, 0) is 16.0 Å². The van der Waals surface area contributed by atoms with Crippen molar-refractivity contribution >= 4 is 11.6 Å². The van der Waals surface area contributed by atoms with E-state index >= 15 is 0 Å². The fourth-order valence-electron chi connectivity index (χ4n) is 2.21. The first-order chi connectivity index (χ1) is 10.1. The van der Waals surface area contributed by atoms with Crippen LogP contribution >= 0.6 is 0 Å². The summed E-state index contributed by atoms with van der Waals surface area (Å²) in [6.45, 7) is 6.75. The molecule has 0 radical (unpaired) electrons. The van der Waals surface area contributed by atoms with Crippen LogP contribution in [0.3, 0.4) is 0 Å². The quantitative estimate of drug-likeness (QED) is 0.735. The van der Waals surface area contributed by atoms with Crippen LogP contribution in [0.15, 0.2) is 24.3 Å². The maximum Gasteiger partial charge on any atom is 0.242 e. The minimum Gasteiger partial charge on any atom is -0.384 e. The van der Waals surface area contributed by atoms with Crippen molar-refractivity contribution in [2.75, 3.05) is 19.0 Å². The van der Waals surface area contributed by atoms with Crippen molar-refractivity contribution in [2.45, 2.75) is 52.1 Å². The Kier molecular flexibility index (Phi) is 7.83. The summed E-state index contributed by atoms with van der Waals surface area (Å²) in [6.07, 6.45) is 2.75. The number of hydrogen-bond acceptors (Lipinski definition) is 3. The van der Waals surface area contributed by atoms with E-state index in [2.05, 4.69) is 30.5 Å². The molecule has 118 valence electrons. The van der Waals surface area contributed by atoms with Crippen LogP contribution in [0, 0.1) is 0 Å². The molecule has 1 aromatic carbocycles. The number of methoxy groups -OCH3 is 1. The van der Waals surface area contributed by atoms with Gasteiger partial charge in [0.05, 0.1) is 6.61 Å². The van der Waals surface area contributed by atoms with Gasteiger partial charge in [-0.25, -0.2) is 0 Å². The number of nitrogens with one attached hydrogen (secondary N) is 2. The lowest BCUT2D eigenvalue weighted by molar-refractivity contribution is -0.122. The number of anilines is 1. The molecule has 1 unspecified atom stereocenters. The van der Waals surface area contributed by atoms with Crippen molar-refractivity contribution in [3.8, 4) is 0 Å². The first kappa shape index (κ1) is 17.5. The second kappa shape index (κ2) is 9.40. The summed E-state index contributed by atoms with van der Waals surface area (Å²) in [5.74, 6) is 0.0465. The minimum atomic E-state index is -0.255. The molecule has 0 spiro atoms. The zero-order valence-electron chi connectivity index (χ0n) is 13.6. The number of carbonyl (C=O) groups is 1. The predicted octanol–water partition coefficient (Wildman–Crippen LogP) is 2.98. The zero-order valence-corrected chi connectivity index (χ0v) is 13.6. The van der Waals surface area contributed by atoms with Gasteiger partial charge in [0.2, 0.25) is 5.91 Å². The summed E-state index contributed by atoms with van der Waals surface area (Å²) in [7, 11) is 1.70. The Hall–Kier alpha value is -1.55. The lowest BCUT2D eigenvalue weighted by atomic mass is 10.1. The summed E-state index contributed by atoms with van der Waals surface area (Å²) >= 11 is 0. The van der Waals surface area contributed by atoms with Gasteiger partial charge in [0.15, 0.2) is 0 Å². The SMILES string of the molecule is CCC(CC)NC(=O)C(C)Nc1ccccc1CCOC. The first-order valence-electron chi connectivity index (χ1n) is 7.76. The largest absolute Gasteiger partial charge is 0.384 e. The average molecular weight is 292 g/mol. The first-order valence-corrected chi connectivity index (χ1v) is 7.76. The topological polar surface area (TPSA) is 50.4 Å². The van der Waals surface area contributed by atoms with Crippen LogP contribution in [0.4, 0.5) is 5.69 Å². The van der Waals surface area contributed by atoms with Crippen LogP contribution in [0.25, 0.3) is 0 Å². The monoisotopic (exact) mass is 292 g/mol. The second-order valence-corrected chi connectivity index (χ2v) is 5.29. The van der Waals surface area contributed by atoms with Gasteiger partial charge in [-0.3, -0.25) is 4.79 Å². The highest BCUT2D eigenvalue weighted by Gasteiger charge is 2.16. The molecule has 0 aliphatic carbocycles. The number of benzene rings is 1. The average Bonchev–Trinajstić information content (AvgIpc) is 2.51. The number of hydrogen-bond donors (Lipinski definition) is 2. The van der Waals surface area contributed by atoms with E-state index in [9.17, 15) is 4.79 Å². The van der Waals surface area contributed by atoms with Crippen molar-refractivity contribution in [1.82, 2.24) is 5.32 Å². The number of rotatable bonds is 9. The smallest absolute Gasteiger partial charge is 0.242 e. The van der Waals surface area contributed by atoms with E-state index in [0.29, 0.717) is 6.61 Å². The van der Waals surface area contributed by atoms with Crippen molar-refractivity contribution in [3.63, 3.8) is 0 Å². The van der Waals surface area contributed by atoms with E-state index in [1.54, 1.807) is 7.11 Å². The summed E-state index contributed by atoms with van der Waals surface area (Å²) in [5.41, 5.74) is 2.17. The highest BCUT2D eigenvalue weighted by molar-refractivity contribution is 5.84. The van der Waals surface area contributed by atoms with Gasteiger partial charge in [0.1, 0.15) is 6.04 Å². The third kappa shape index (κ3) is 5.76. The third-order valence-corrected chi connectivity index (χ3v) is 3.69. The minimum absolute atomic E-state index is 0.0465. The molecular formula is C17H28N2O2. The van der Waals surface area contributed by atoms with Gasteiger partial charge < -0.3 is 15.4 Å². The predicted molar refractivity (Wildman–Crippen MR) is 87.6 cm³/mol. The maximum absolute atomic E-state index is 12.2. The summed E-state index contributed by atoms with van der Waals surface area (Å²) in [5, 5.41) is 6.38. The molecule has 0 aliphatic rings. The van der Waals surface area contributed by atoms with Gasteiger partial charge in [-0.1, -0.05) is 32.0 Å². The molecular weight excluding hydrogens is 264 g/mol. The Labute approximate surface area is 128 Å². The van der Waals surface area contributed by atoms with Crippen LogP contribution < -0.4 is 10.6 Å². The Morgan fingerprint density at radius 2 is 1.90 bits per heavy atom. The van der Waals surface area contributed by atoms with Gasteiger partial charge in [-0.2, -0.15) is 0 Å². The van der Waals surface area contributed by atoms with Gasteiger partial charge in [0.25, 0.3) is 0 Å². The van der Waals surface area contributed by atoms with Crippen molar-refractivity contribution in [3.05, 3.63) is 29.8 Å². The highest BCUT2D eigenvalue weighted by Crippen LogP contribution is 2.17. The van der Waals surface area contributed by atoms with E-state index in [1.165, 1.54) is 5.56 Å². The van der Waals surface area contributed by atoms with E-state index in [0.717, 1.165) is 24.9 Å². The summed E-state index contributed by atoms with van der Waals surface area (Å²) in [6, 6.07) is 8.05. The van der Waals surface area contributed by atoms with Gasteiger partial charge in [-0.15, -0.1) is 0 Å². The Balaban J connectivity index is 2.65. The molecule has 21 heavy (non-hydrogen) atoms. The molecule has 1 atom stereocenters. The molecule has 0 heterocycles. The van der Waals surface area contributed by atoms with Crippen molar-refractivity contribution in [1.29, 1.82) is 0 Å². The third-order valence-electron chi connectivity index (χ3n) is 3.69. The van der Waals surface area contributed by atoms with E-state index in [4.69, 9.17) is 4.74 Å². The molecule has 0 aromatic heterocycles. The fraction of sp³-hybridized carbons (Fsp3) is 0.588. The van der Waals surface area contributed by atoms with Crippen LogP contribution in [0.2, 0.25) is 0 Å². The van der Waals surface area contributed by atoms with Crippen LogP contribution in [-0.4, -0.2) is 31.7 Å². The van der Waals surface area contributed by atoms with Crippen molar-refractivity contribution < 1.29 is 9.53 Å². The van der Waals surface area contributed by atoms with E-state index in [-0.39, 0.29) is 18.0 Å². The molecule has 0 aliphatic heterocycles. The highest BCUT2D eigenvalue weighted by atomic mass is 16.5. The van der Waals surface area contributed by atoms with Gasteiger partial charge >= 0.3 is 0 Å². The number of amides is 1. The fourth-order valence-corrected chi connectivity index (χ4v) is 2.21. The lowest BCUT2D eigenvalue weighted by Gasteiger charge is -2.21. The zero-order chi connectivity index (χ0) is 15.7. The molecule has 1 rings (SSSR count). The Morgan fingerprint density at radius 3 is 2.52 bits per heavy atom. The molecule has 0 saturated heterocycles. The second-order valence-electron chi connectivity index (χ2n) is 5.29. The Morgan fingerprint density at radius 1 is 1.24 bits per heavy atom. The molecule has 2 N–H and O–H groups in total. The standard InChI is InChI=1S/C17H28N2O2/c1-5-15(6-2)19-17(20)13(3)18-16-10-8-7-9-14(16)11-12-21-4/h7-10,13,15,18H,5-6,11-12H2,1-4H3,(H,19,20). The molecule has 0 saturated carbocycles. The summed E-state index contributed by atoms with van der Waals surface area (Å²) in [4.78, 5) is 12.2. The van der Waals surface area contributed by atoms with E-state index < -0.39 is 0 Å². The Bertz CT molecular complexity index is 431. The molecule has 0 fully saturated rings.